The third-order valence-electron chi connectivity index (χ3n) is 3.11. The third kappa shape index (κ3) is 3.49. The largest absolute Gasteiger partial charge is 0.392 e. The highest BCUT2D eigenvalue weighted by Crippen LogP contribution is 2.24. The summed E-state index contributed by atoms with van der Waals surface area (Å²) in [7, 11) is -4.12. The predicted molar refractivity (Wildman–Crippen MR) is 72.9 cm³/mol. The zero-order valence-corrected chi connectivity index (χ0v) is 12.2. The number of halogens is 2. The molecule has 0 radical (unpaired) electrons. The molecule has 1 heterocycles. The summed E-state index contributed by atoms with van der Waals surface area (Å²) in [5.74, 6) is -0.654. The SMILES string of the molecule is O=S(=O)(NCC1CCSC1)c1cc(CO)cc(F)c1F. The Hall–Kier alpha value is -0.700. The highest BCUT2D eigenvalue weighted by molar-refractivity contribution is 7.99. The van der Waals surface area contributed by atoms with Gasteiger partial charge in [-0.15, -0.1) is 0 Å². The van der Waals surface area contributed by atoms with Crippen LogP contribution in [0.25, 0.3) is 0 Å². The van der Waals surface area contributed by atoms with Crippen molar-refractivity contribution in [2.45, 2.75) is 17.9 Å². The number of aliphatic hydroxyl groups excluding tert-OH is 1. The van der Waals surface area contributed by atoms with Crippen LogP contribution in [0.2, 0.25) is 0 Å². The van der Waals surface area contributed by atoms with Crippen molar-refractivity contribution < 1.29 is 22.3 Å². The summed E-state index contributed by atoms with van der Waals surface area (Å²) in [6.45, 7) is -0.348. The second-order valence-electron chi connectivity index (χ2n) is 4.63. The summed E-state index contributed by atoms with van der Waals surface area (Å²) in [5.41, 5.74) is 0.0145. The van der Waals surface area contributed by atoms with Gasteiger partial charge in [-0.25, -0.2) is 21.9 Å². The van der Waals surface area contributed by atoms with E-state index in [1.54, 1.807) is 11.8 Å². The van der Waals surface area contributed by atoms with Crippen molar-refractivity contribution in [2.75, 3.05) is 18.1 Å². The van der Waals surface area contributed by atoms with Gasteiger partial charge in [0.05, 0.1) is 6.61 Å². The molecular weight excluding hydrogens is 308 g/mol. The van der Waals surface area contributed by atoms with E-state index < -0.39 is 33.2 Å². The Morgan fingerprint density at radius 2 is 2.15 bits per heavy atom. The van der Waals surface area contributed by atoms with Gasteiger partial charge in [-0.2, -0.15) is 11.8 Å². The number of aliphatic hydroxyl groups is 1. The van der Waals surface area contributed by atoms with Gasteiger partial charge in [0.15, 0.2) is 11.6 Å². The van der Waals surface area contributed by atoms with Gasteiger partial charge in [0.25, 0.3) is 0 Å². The minimum atomic E-state index is -4.12. The van der Waals surface area contributed by atoms with Gasteiger partial charge in [-0.1, -0.05) is 0 Å². The fraction of sp³-hybridized carbons (Fsp3) is 0.500. The van der Waals surface area contributed by atoms with E-state index in [2.05, 4.69) is 4.72 Å². The highest BCUT2D eigenvalue weighted by atomic mass is 32.2. The van der Waals surface area contributed by atoms with Crippen LogP contribution in [0.15, 0.2) is 17.0 Å². The summed E-state index contributed by atoms with van der Waals surface area (Å²) in [6, 6.07) is 1.73. The number of rotatable bonds is 5. The van der Waals surface area contributed by atoms with Crippen molar-refractivity contribution in [1.82, 2.24) is 4.72 Å². The van der Waals surface area contributed by atoms with E-state index in [4.69, 9.17) is 5.11 Å². The van der Waals surface area contributed by atoms with E-state index in [9.17, 15) is 17.2 Å². The van der Waals surface area contributed by atoms with Crippen molar-refractivity contribution >= 4 is 21.8 Å². The number of hydrogen-bond acceptors (Lipinski definition) is 4. The molecule has 0 spiro atoms. The molecule has 0 aliphatic carbocycles. The predicted octanol–water partition coefficient (Wildman–Crippen LogP) is 1.49. The number of nitrogens with one attached hydrogen (secondary N) is 1. The van der Waals surface area contributed by atoms with Gasteiger partial charge < -0.3 is 5.11 Å². The van der Waals surface area contributed by atoms with Crippen molar-refractivity contribution in [3.05, 3.63) is 29.3 Å². The first-order valence-electron chi connectivity index (χ1n) is 6.10. The summed E-state index contributed by atoms with van der Waals surface area (Å²) < 4.78 is 53.3. The number of benzene rings is 1. The summed E-state index contributed by atoms with van der Waals surface area (Å²) in [4.78, 5) is -0.757. The van der Waals surface area contributed by atoms with E-state index >= 15 is 0 Å². The van der Waals surface area contributed by atoms with E-state index in [1.807, 2.05) is 0 Å². The molecule has 1 saturated heterocycles. The molecule has 2 rings (SSSR count). The van der Waals surface area contributed by atoms with Gasteiger partial charge in [0.2, 0.25) is 10.0 Å². The molecule has 0 saturated carbocycles. The third-order valence-corrected chi connectivity index (χ3v) is 5.77. The van der Waals surface area contributed by atoms with E-state index in [-0.39, 0.29) is 18.0 Å². The zero-order valence-electron chi connectivity index (χ0n) is 10.6. The van der Waals surface area contributed by atoms with Gasteiger partial charge in [0.1, 0.15) is 4.90 Å². The summed E-state index contributed by atoms with van der Waals surface area (Å²) in [6.07, 6.45) is 0.903. The fourth-order valence-electron chi connectivity index (χ4n) is 1.95. The topological polar surface area (TPSA) is 66.4 Å². The van der Waals surface area contributed by atoms with E-state index in [0.29, 0.717) is 0 Å². The number of thioether (sulfide) groups is 1. The average molecular weight is 323 g/mol. The fourth-order valence-corrected chi connectivity index (χ4v) is 4.49. The zero-order chi connectivity index (χ0) is 14.8. The molecule has 1 atom stereocenters. The van der Waals surface area contributed by atoms with Crippen molar-refractivity contribution in [3.63, 3.8) is 0 Å². The van der Waals surface area contributed by atoms with E-state index in [0.717, 1.165) is 30.1 Å². The smallest absolute Gasteiger partial charge is 0.243 e. The van der Waals surface area contributed by atoms with Crippen molar-refractivity contribution in [3.8, 4) is 0 Å². The Kier molecular flexibility index (Phi) is 5.00. The van der Waals surface area contributed by atoms with Crippen molar-refractivity contribution in [1.29, 1.82) is 0 Å². The van der Waals surface area contributed by atoms with Crippen LogP contribution in [0.3, 0.4) is 0 Å². The first kappa shape index (κ1) is 15.7. The lowest BCUT2D eigenvalue weighted by molar-refractivity contribution is 0.280. The molecule has 4 nitrogen and oxygen atoms in total. The standard InChI is InChI=1S/C12H15F2NO3S2/c13-10-3-9(6-16)4-11(12(10)14)20(17,18)15-5-8-1-2-19-7-8/h3-4,8,15-16H,1-2,5-7H2. The van der Waals surface area contributed by atoms with Crippen LogP contribution >= 0.6 is 11.8 Å². The molecule has 8 heteroatoms. The maximum absolute atomic E-state index is 13.6. The Labute approximate surface area is 120 Å². The lowest BCUT2D eigenvalue weighted by atomic mass is 10.1. The molecule has 0 bridgehead atoms. The van der Waals surface area contributed by atoms with Crippen LogP contribution in [0, 0.1) is 17.6 Å². The van der Waals surface area contributed by atoms with Crippen LogP contribution < -0.4 is 4.72 Å². The minimum absolute atomic E-state index is 0.0145. The maximum Gasteiger partial charge on any atom is 0.243 e. The molecule has 1 unspecified atom stereocenters. The molecule has 0 aromatic heterocycles. The molecule has 1 aromatic rings. The molecule has 112 valence electrons. The number of hydrogen-bond donors (Lipinski definition) is 2. The van der Waals surface area contributed by atoms with E-state index in [1.165, 1.54) is 0 Å². The monoisotopic (exact) mass is 323 g/mol. The number of sulfonamides is 1. The van der Waals surface area contributed by atoms with Crippen LogP contribution in [0.1, 0.15) is 12.0 Å². The van der Waals surface area contributed by atoms with Gasteiger partial charge in [0, 0.05) is 6.54 Å². The molecule has 2 N–H and O–H groups in total. The lowest BCUT2D eigenvalue weighted by Crippen LogP contribution is -2.30. The van der Waals surface area contributed by atoms with Crippen LogP contribution in [-0.2, 0) is 16.6 Å². The Morgan fingerprint density at radius 1 is 1.40 bits per heavy atom. The lowest BCUT2D eigenvalue weighted by Gasteiger charge is -2.12. The van der Waals surface area contributed by atoms with Crippen LogP contribution in [-0.4, -0.2) is 31.6 Å². The Morgan fingerprint density at radius 3 is 2.75 bits per heavy atom. The Balaban J connectivity index is 2.21. The summed E-state index contributed by atoms with van der Waals surface area (Å²) in [5, 5.41) is 8.94. The quantitative estimate of drug-likeness (QED) is 0.861. The van der Waals surface area contributed by atoms with Crippen LogP contribution in [0.4, 0.5) is 8.78 Å². The van der Waals surface area contributed by atoms with Gasteiger partial charge in [-0.05, 0) is 41.5 Å². The van der Waals surface area contributed by atoms with Gasteiger partial charge >= 0.3 is 0 Å². The molecule has 1 aromatic carbocycles. The average Bonchev–Trinajstić information content (AvgIpc) is 2.92. The molecule has 0 amide bonds. The molecule has 1 aliphatic rings. The van der Waals surface area contributed by atoms with Crippen molar-refractivity contribution in [2.24, 2.45) is 5.92 Å². The maximum atomic E-state index is 13.6. The molecule has 1 aliphatic heterocycles. The molecule has 1 fully saturated rings. The normalized spacial score (nSPS) is 19.4. The second kappa shape index (κ2) is 6.38. The van der Waals surface area contributed by atoms with Gasteiger partial charge in [-0.3, -0.25) is 0 Å². The molecular formula is C12H15F2NO3S2. The highest BCUT2D eigenvalue weighted by Gasteiger charge is 2.25. The minimum Gasteiger partial charge on any atom is -0.392 e. The first-order chi connectivity index (χ1) is 9.44. The summed E-state index contributed by atoms with van der Waals surface area (Å²) >= 11 is 1.74. The second-order valence-corrected chi connectivity index (χ2v) is 7.51. The Bertz CT molecular complexity index is 587. The molecule has 20 heavy (non-hydrogen) atoms. The van der Waals surface area contributed by atoms with Crippen LogP contribution in [0.5, 0.6) is 0 Å². The first-order valence-corrected chi connectivity index (χ1v) is 8.74.